The summed E-state index contributed by atoms with van der Waals surface area (Å²) in [6.07, 6.45) is 11.2. The first kappa shape index (κ1) is 23.4. The number of carbonyl (C=O) groups excluding carboxylic acids is 1. The molecule has 1 N–H and O–H groups in total. The van der Waals surface area contributed by atoms with Gasteiger partial charge in [0, 0.05) is 31.0 Å². The lowest BCUT2D eigenvalue weighted by Gasteiger charge is -2.34. The molecule has 1 saturated carbocycles. The van der Waals surface area contributed by atoms with Crippen LogP contribution in [0.4, 0.5) is 0 Å². The van der Waals surface area contributed by atoms with Gasteiger partial charge in [0.2, 0.25) is 5.91 Å². The molecule has 2 heterocycles. The van der Waals surface area contributed by atoms with E-state index in [1.807, 2.05) is 17.9 Å². The summed E-state index contributed by atoms with van der Waals surface area (Å²) in [6, 6.07) is 6.10. The van der Waals surface area contributed by atoms with Crippen molar-refractivity contribution in [3.8, 4) is 11.5 Å². The van der Waals surface area contributed by atoms with E-state index in [2.05, 4.69) is 43.4 Å². The Morgan fingerprint density at radius 2 is 1.94 bits per heavy atom. The minimum atomic E-state index is -0.557. The van der Waals surface area contributed by atoms with E-state index in [1.54, 1.807) is 7.11 Å². The molecule has 4 aliphatic rings. The van der Waals surface area contributed by atoms with Gasteiger partial charge in [-0.3, -0.25) is 4.79 Å². The molecule has 0 aromatic heterocycles. The second-order valence-corrected chi connectivity index (χ2v) is 10.7. The predicted molar refractivity (Wildman–Crippen MR) is 130 cm³/mol. The van der Waals surface area contributed by atoms with Crippen LogP contribution in [0.25, 0.3) is 0 Å². The van der Waals surface area contributed by atoms with Crippen LogP contribution < -0.4 is 9.47 Å². The maximum absolute atomic E-state index is 13.2. The number of ether oxygens (including phenoxy) is 3. The van der Waals surface area contributed by atoms with E-state index in [-0.39, 0.29) is 23.8 Å². The molecule has 1 amide bonds. The Bertz CT molecular complexity index is 946. The summed E-state index contributed by atoms with van der Waals surface area (Å²) in [5.74, 6) is 2.63. The second-order valence-electron chi connectivity index (χ2n) is 10.7. The molecular formula is C28H37NO5. The van der Waals surface area contributed by atoms with Crippen LogP contribution in [0.5, 0.6) is 11.5 Å². The van der Waals surface area contributed by atoms with E-state index < -0.39 is 11.5 Å². The highest BCUT2D eigenvalue weighted by Gasteiger charge is 2.49. The quantitative estimate of drug-likeness (QED) is 0.686. The molecule has 0 bridgehead atoms. The van der Waals surface area contributed by atoms with Crippen molar-refractivity contribution < 1.29 is 24.1 Å². The molecule has 3 unspecified atom stereocenters. The molecule has 1 aromatic carbocycles. The first-order valence-corrected chi connectivity index (χ1v) is 12.6. The average Bonchev–Trinajstić information content (AvgIpc) is 3.57. The van der Waals surface area contributed by atoms with Gasteiger partial charge >= 0.3 is 0 Å². The van der Waals surface area contributed by atoms with Crippen molar-refractivity contribution in [3.63, 3.8) is 0 Å². The number of nitrogens with zero attached hydrogens (tertiary/aromatic N) is 1. The maximum Gasteiger partial charge on any atom is 0.228 e. The van der Waals surface area contributed by atoms with Gasteiger partial charge in [0.05, 0.1) is 25.7 Å². The van der Waals surface area contributed by atoms with E-state index in [0.29, 0.717) is 38.1 Å². The topological polar surface area (TPSA) is 68.2 Å². The van der Waals surface area contributed by atoms with Crippen molar-refractivity contribution >= 4 is 5.91 Å². The zero-order chi connectivity index (χ0) is 23.9. The largest absolute Gasteiger partial charge is 0.493 e. The minimum absolute atomic E-state index is 0.00375. The summed E-state index contributed by atoms with van der Waals surface area (Å²) in [5, 5.41) is 10.8. The Labute approximate surface area is 202 Å². The van der Waals surface area contributed by atoms with E-state index >= 15 is 0 Å². The summed E-state index contributed by atoms with van der Waals surface area (Å²) in [6.45, 7) is 6.20. The fourth-order valence-electron chi connectivity index (χ4n) is 6.27. The van der Waals surface area contributed by atoms with Crippen molar-refractivity contribution in [1.29, 1.82) is 0 Å². The van der Waals surface area contributed by atoms with Crippen LogP contribution >= 0.6 is 0 Å². The normalized spacial score (nSPS) is 35.4. The molecule has 1 aromatic rings. The molecule has 2 aliphatic heterocycles. The van der Waals surface area contributed by atoms with Crippen molar-refractivity contribution in [2.75, 3.05) is 33.4 Å². The summed E-state index contributed by atoms with van der Waals surface area (Å²) < 4.78 is 17.6. The maximum atomic E-state index is 13.2. The number of allylic oxidation sites excluding steroid dienone is 4. The lowest BCUT2D eigenvalue weighted by atomic mass is 9.72. The highest BCUT2D eigenvalue weighted by Crippen LogP contribution is 2.48. The zero-order valence-electron chi connectivity index (χ0n) is 20.5. The molecule has 6 nitrogen and oxygen atoms in total. The number of carbonyl (C=O) groups is 1. The Kier molecular flexibility index (Phi) is 6.47. The molecule has 6 heteroatoms. The number of benzene rings is 1. The number of aliphatic hydroxyl groups excluding tert-OH is 1. The molecule has 0 radical (unpaired) electrons. The first-order chi connectivity index (χ1) is 16.4. The Hall–Kier alpha value is -2.31. The van der Waals surface area contributed by atoms with Gasteiger partial charge in [-0.25, -0.2) is 0 Å². The number of likely N-dealkylation sites (tertiary alicyclic amines) is 1. The molecular weight excluding hydrogens is 430 g/mol. The summed E-state index contributed by atoms with van der Waals surface area (Å²) in [7, 11) is 1.67. The van der Waals surface area contributed by atoms with Gasteiger partial charge in [-0.2, -0.15) is 0 Å². The lowest BCUT2D eigenvalue weighted by molar-refractivity contribution is -0.135. The van der Waals surface area contributed by atoms with Crippen molar-refractivity contribution in [2.24, 2.45) is 23.2 Å². The third-order valence-corrected chi connectivity index (χ3v) is 8.61. The number of rotatable bonds is 6. The Morgan fingerprint density at radius 3 is 2.56 bits per heavy atom. The molecule has 3 fully saturated rings. The summed E-state index contributed by atoms with van der Waals surface area (Å²) in [5.41, 5.74) is 0.631. The number of amides is 1. The third kappa shape index (κ3) is 4.27. The SMILES string of the molecule is COc1ccc([C@@H]2CN(C(=O)C3CCOC3)C[C@@]2(C)[C@@H](C)O)cc1OC1CC2C=CC=CC2C1. The van der Waals surface area contributed by atoms with Crippen LogP contribution in [0.15, 0.2) is 42.5 Å². The second kappa shape index (κ2) is 9.38. The number of methoxy groups -OCH3 is 1. The van der Waals surface area contributed by atoms with Crippen LogP contribution in [-0.4, -0.2) is 61.5 Å². The van der Waals surface area contributed by atoms with Crippen LogP contribution in [0, 0.1) is 23.2 Å². The van der Waals surface area contributed by atoms with Crippen molar-refractivity contribution in [1.82, 2.24) is 4.90 Å². The fraction of sp³-hybridized carbons (Fsp3) is 0.607. The molecule has 0 spiro atoms. The molecule has 6 atom stereocenters. The van der Waals surface area contributed by atoms with Gasteiger partial charge in [0.15, 0.2) is 11.5 Å². The molecule has 2 aliphatic carbocycles. The highest BCUT2D eigenvalue weighted by atomic mass is 16.5. The van der Waals surface area contributed by atoms with Crippen LogP contribution in [0.3, 0.4) is 0 Å². The van der Waals surface area contributed by atoms with E-state index in [4.69, 9.17) is 14.2 Å². The monoisotopic (exact) mass is 467 g/mol. The summed E-state index contributed by atoms with van der Waals surface area (Å²) in [4.78, 5) is 15.1. The lowest BCUT2D eigenvalue weighted by Crippen LogP contribution is -2.39. The Balaban J connectivity index is 1.38. The van der Waals surface area contributed by atoms with Gasteiger partial charge in [-0.15, -0.1) is 0 Å². The average molecular weight is 468 g/mol. The van der Waals surface area contributed by atoms with E-state index in [1.165, 1.54) is 0 Å². The van der Waals surface area contributed by atoms with Crippen LogP contribution in [0.2, 0.25) is 0 Å². The van der Waals surface area contributed by atoms with E-state index in [9.17, 15) is 9.90 Å². The number of aliphatic hydroxyl groups is 1. The third-order valence-electron chi connectivity index (χ3n) is 8.61. The van der Waals surface area contributed by atoms with Crippen LogP contribution in [-0.2, 0) is 9.53 Å². The van der Waals surface area contributed by atoms with Gasteiger partial charge in [0.25, 0.3) is 0 Å². The molecule has 2 saturated heterocycles. The zero-order valence-corrected chi connectivity index (χ0v) is 20.5. The van der Waals surface area contributed by atoms with E-state index in [0.717, 1.165) is 36.3 Å². The molecule has 34 heavy (non-hydrogen) atoms. The fourth-order valence-corrected chi connectivity index (χ4v) is 6.27. The number of hydrogen-bond donors (Lipinski definition) is 1. The van der Waals surface area contributed by atoms with Gasteiger partial charge in [-0.1, -0.05) is 37.3 Å². The molecule has 5 rings (SSSR count). The smallest absolute Gasteiger partial charge is 0.228 e. The predicted octanol–water partition coefficient (Wildman–Crippen LogP) is 3.94. The van der Waals surface area contributed by atoms with Crippen molar-refractivity contribution in [2.45, 2.75) is 51.2 Å². The minimum Gasteiger partial charge on any atom is -0.493 e. The van der Waals surface area contributed by atoms with Gasteiger partial charge in [0.1, 0.15) is 6.10 Å². The van der Waals surface area contributed by atoms with Crippen molar-refractivity contribution in [3.05, 3.63) is 48.1 Å². The first-order valence-electron chi connectivity index (χ1n) is 12.6. The molecule has 184 valence electrons. The van der Waals surface area contributed by atoms with Gasteiger partial charge in [-0.05, 0) is 55.7 Å². The summed E-state index contributed by atoms with van der Waals surface area (Å²) >= 11 is 0. The van der Waals surface area contributed by atoms with Gasteiger partial charge < -0.3 is 24.2 Å². The van der Waals surface area contributed by atoms with Crippen LogP contribution in [0.1, 0.15) is 44.6 Å². The standard InChI is InChI=1S/C28H37NO5/c1-18(30)28(2)17-29(27(31)22-10-11-33-16-22)15-24(28)21-8-9-25(32-3)26(14-21)34-23-12-19-6-4-5-7-20(19)13-23/h4-9,14,18-20,22-24,30H,10-13,15-17H2,1-3H3/t18-,19?,20?,22?,23?,24+,28+/m1/s1. The highest BCUT2D eigenvalue weighted by molar-refractivity contribution is 5.80. The number of fused-ring (bicyclic) bond motifs is 1. The Morgan fingerprint density at radius 1 is 1.21 bits per heavy atom. The number of hydrogen-bond acceptors (Lipinski definition) is 5.